The lowest BCUT2D eigenvalue weighted by atomic mass is 9.79. The van der Waals surface area contributed by atoms with Gasteiger partial charge in [0, 0.05) is 18.1 Å². The number of Topliss-reactive ketones (excluding diaryl/α,β-unsaturated/α-hetero) is 1. The van der Waals surface area contributed by atoms with E-state index in [-0.39, 0.29) is 5.78 Å². The quantitative estimate of drug-likeness (QED) is 0.808. The molecule has 1 aliphatic rings. The lowest BCUT2D eigenvalue weighted by Crippen LogP contribution is -2.44. The van der Waals surface area contributed by atoms with Crippen molar-refractivity contribution in [3.8, 4) is 0 Å². The lowest BCUT2D eigenvalue weighted by Gasteiger charge is -2.35. The summed E-state index contributed by atoms with van der Waals surface area (Å²) in [5.74, 6) is 0.205. The molecule has 0 N–H and O–H groups in total. The van der Waals surface area contributed by atoms with Crippen LogP contribution in [-0.2, 0) is 16.0 Å². The number of ketones is 1. The van der Waals surface area contributed by atoms with Crippen molar-refractivity contribution in [3.05, 3.63) is 34.9 Å². The predicted octanol–water partition coefficient (Wildman–Crippen LogP) is 4.19. The molecule has 1 aliphatic carbocycles. The summed E-state index contributed by atoms with van der Waals surface area (Å²) in [4.78, 5) is 12.6. The Morgan fingerprint density at radius 1 is 1.32 bits per heavy atom. The Hall–Kier alpha value is -0.860. The van der Waals surface area contributed by atoms with Crippen molar-refractivity contribution in [1.82, 2.24) is 0 Å². The molecule has 2 nitrogen and oxygen atoms in total. The fraction of sp³-hybridized carbons (Fsp3) is 0.562. The Bertz CT molecular complexity index is 431. The smallest absolute Gasteiger partial charge is 0.168 e. The fourth-order valence-corrected chi connectivity index (χ4v) is 3.11. The number of carbonyl (C=O) groups is 1. The summed E-state index contributed by atoms with van der Waals surface area (Å²) in [6.45, 7) is 2.56. The highest BCUT2D eigenvalue weighted by Crippen LogP contribution is 2.33. The highest BCUT2D eigenvalue weighted by Gasteiger charge is 2.39. The molecule has 0 atom stereocenters. The first kappa shape index (κ1) is 14.5. The minimum atomic E-state index is -0.546. The van der Waals surface area contributed by atoms with Gasteiger partial charge < -0.3 is 4.74 Å². The van der Waals surface area contributed by atoms with Crippen LogP contribution in [0.5, 0.6) is 0 Å². The molecule has 0 radical (unpaired) electrons. The van der Waals surface area contributed by atoms with Crippen LogP contribution in [-0.4, -0.2) is 18.0 Å². The van der Waals surface area contributed by atoms with Gasteiger partial charge in [0.1, 0.15) is 5.60 Å². The molecule has 1 fully saturated rings. The first-order valence-electron chi connectivity index (χ1n) is 7.08. The molecule has 1 aromatic carbocycles. The average Bonchev–Trinajstić information content (AvgIpc) is 2.40. The van der Waals surface area contributed by atoms with Crippen molar-refractivity contribution in [2.24, 2.45) is 0 Å². The molecular formula is C16H21ClO2. The maximum atomic E-state index is 12.6. The average molecular weight is 281 g/mol. The van der Waals surface area contributed by atoms with Gasteiger partial charge in [-0.2, -0.15) is 0 Å². The van der Waals surface area contributed by atoms with Gasteiger partial charge in [-0.25, -0.2) is 0 Å². The molecule has 2 rings (SSSR count). The fourth-order valence-electron chi connectivity index (χ4n) is 2.90. The number of carbonyl (C=O) groups excluding carboxylic acids is 1. The monoisotopic (exact) mass is 280 g/mol. The van der Waals surface area contributed by atoms with E-state index in [0.717, 1.165) is 31.2 Å². The maximum absolute atomic E-state index is 12.6. The van der Waals surface area contributed by atoms with Crippen LogP contribution in [0.1, 0.15) is 44.6 Å². The molecule has 19 heavy (non-hydrogen) atoms. The second-order valence-electron chi connectivity index (χ2n) is 5.22. The summed E-state index contributed by atoms with van der Waals surface area (Å²) in [5.41, 5.74) is 0.428. The van der Waals surface area contributed by atoms with Gasteiger partial charge in [-0.15, -0.1) is 0 Å². The summed E-state index contributed by atoms with van der Waals surface area (Å²) in [7, 11) is 0. The van der Waals surface area contributed by atoms with Crippen LogP contribution in [0.15, 0.2) is 24.3 Å². The molecule has 1 saturated carbocycles. The summed E-state index contributed by atoms with van der Waals surface area (Å²) in [5, 5.41) is 0.680. The van der Waals surface area contributed by atoms with Crippen molar-refractivity contribution >= 4 is 17.4 Å². The van der Waals surface area contributed by atoms with Gasteiger partial charge in [-0.1, -0.05) is 43.0 Å². The largest absolute Gasteiger partial charge is 0.367 e. The van der Waals surface area contributed by atoms with Gasteiger partial charge in [-0.05, 0) is 37.5 Å². The first-order chi connectivity index (χ1) is 9.16. The minimum Gasteiger partial charge on any atom is -0.367 e. The first-order valence-corrected chi connectivity index (χ1v) is 7.46. The van der Waals surface area contributed by atoms with Crippen LogP contribution in [0.4, 0.5) is 0 Å². The molecule has 0 spiro atoms. The molecule has 0 aliphatic heterocycles. The van der Waals surface area contributed by atoms with Gasteiger partial charge in [0.25, 0.3) is 0 Å². The lowest BCUT2D eigenvalue weighted by molar-refractivity contribution is -0.148. The molecule has 0 aromatic heterocycles. The Kier molecular flexibility index (Phi) is 5.00. The topological polar surface area (TPSA) is 26.3 Å². The number of hydrogen-bond donors (Lipinski definition) is 0. The van der Waals surface area contributed by atoms with E-state index in [4.69, 9.17) is 16.3 Å². The molecule has 0 heterocycles. The summed E-state index contributed by atoms with van der Waals surface area (Å²) in [6, 6.07) is 7.53. The van der Waals surface area contributed by atoms with E-state index in [2.05, 4.69) is 0 Å². The highest BCUT2D eigenvalue weighted by atomic mass is 35.5. The van der Waals surface area contributed by atoms with Crippen LogP contribution in [0.2, 0.25) is 5.02 Å². The zero-order valence-corrected chi connectivity index (χ0v) is 12.2. The van der Waals surface area contributed by atoms with E-state index < -0.39 is 5.60 Å². The van der Waals surface area contributed by atoms with Gasteiger partial charge in [0.2, 0.25) is 0 Å². The third-order valence-electron chi connectivity index (χ3n) is 3.84. The van der Waals surface area contributed by atoms with Gasteiger partial charge >= 0.3 is 0 Å². The molecule has 0 bridgehead atoms. The summed E-state index contributed by atoms with van der Waals surface area (Å²) < 4.78 is 5.85. The molecule has 0 saturated heterocycles. The Morgan fingerprint density at radius 3 is 2.68 bits per heavy atom. The van der Waals surface area contributed by atoms with Crippen molar-refractivity contribution in [2.45, 2.75) is 51.0 Å². The summed E-state index contributed by atoms with van der Waals surface area (Å²) >= 11 is 5.97. The molecule has 104 valence electrons. The van der Waals surface area contributed by atoms with E-state index in [1.807, 2.05) is 31.2 Å². The van der Waals surface area contributed by atoms with Crippen molar-refractivity contribution in [2.75, 3.05) is 6.61 Å². The number of ether oxygens (including phenoxy) is 1. The molecule has 3 heteroatoms. The van der Waals surface area contributed by atoms with E-state index in [1.165, 1.54) is 6.42 Å². The second kappa shape index (κ2) is 6.53. The van der Waals surface area contributed by atoms with Gasteiger partial charge in [-0.3, -0.25) is 4.79 Å². The van der Waals surface area contributed by atoms with E-state index in [9.17, 15) is 4.79 Å². The standard InChI is InChI=1S/C16H21ClO2/c1-2-19-16(9-4-3-5-10-16)15(18)12-13-7-6-8-14(17)11-13/h6-8,11H,2-5,9-10,12H2,1H3. The normalized spacial score (nSPS) is 18.2. The van der Waals surface area contributed by atoms with Crippen LogP contribution in [0.25, 0.3) is 0 Å². The Labute approximate surface area is 120 Å². The number of rotatable bonds is 5. The van der Waals surface area contributed by atoms with Crippen molar-refractivity contribution < 1.29 is 9.53 Å². The van der Waals surface area contributed by atoms with E-state index in [0.29, 0.717) is 18.1 Å². The van der Waals surface area contributed by atoms with Crippen LogP contribution in [0, 0.1) is 0 Å². The molecule has 1 aromatic rings. The number of benzene rings is 1. The SMILES string of the molecule is CCOC1(C(=O)Cc2cccc(Cl)c2)CCCCC1. The highest BCUT2D eigenvalue weighted by molar-refractivity contribution is 6.30. The number of halogens is 1. The Morgan fingerprint density at radius 2 is 2.05 bits per heavy atom. The van der Waals surface area contributed by atoms with Gasteiger partial charge in [0.15, 0.2) is 5.78 Å². The van der Waals surface area contributed by atoms with Crippen LogP contribution >= 0.6 is 11.6 Å². The Balaban J connectivity index is 2.11. The van der Waals surface area contributed by atoms with E-state index in [1.54, 1.807) is 0 Å². The minimum absolute atomic E-state index is 0.205. The third kappa shape index (κ3) is 3.58. The van der Waals surface area contributed by atoms with Gasteiger partial charge in [0.05, 0.1) is 0 Å². The molecular weight excluding hydrogens is 260 g/mol. The van der Waals surface area contributed by atoms with E-state index >= 15 is 0 Å². The van der Waals surface area contributed by atoms with Crippen LogP contribution in [0.3, 0.4) is 0 Å². The van der Waals surface area contributed by atoms with Crippen molar-refractivity contribution in [3.63, 3.8) is 0 Å². The molecule has 0 unspecified atom stereocenters. The van der Waals surface area contributed by atoms with Crippen LogP contribution < -0.4 is 0 Å². The number of hydrogen-bond acceptors (Lipinski definition) is 2. The summed E-state index contributed by atoms with van der Waals surface area (Å²) in [6.07, 6.45) is 5.52. The second-order valence-corrected chi connectivity index (χ2v) is 5.65. The zero-order chi connectivity index (χ0) is 13.7. The zero-order valence-electron chi connectivity index (χ0n) is 11.5. The van der Waals surface area contributed by atoms with Crippen molar-refractivity contribution in [1.29, 1.82) is 0 Å². The predicted molar refractivity (Wildman–Crippen MR) is 77.6 cm³/mol. The third-order valence-corrected chi connectivity index (χ3v) is 4.08. The maximum Gasteiger partial charge on any atom is 0.168 e. The molecule has 0 amide bonds.